The summed E-state index contributed by atoms with van der Waals surface area (Å²) >= 11 is 0. The van der Waals surface area contributed by atoms with Gasteiger partial charge in [-0.05, 0) is 24.7 Å². The van der Waals surface area contributed by atoms with Gasteiger partial charge < -0.3 is 0 Å². The largest absolute Gasteiger partial charge is 0.237 e. The molecule has 2 heteroatoms. The van der Waals surface area contributed by atoms with Crippen molar-refractivity contribution in [1.82, 2.24) is 0 Å². The lowest BCUT2D eigenvalue weighted by molar-refractivity contribution is -0.296. The summed E-state index contributed by atoms with van der Waals surface area (Å²) in [5, 5.41) is 0. The molecular weight excluding hydrogens is 200 g/mol. The zero-order valence-corrected chi connectivity index (χ0v) is 11.6. The molecule has 0 heterocycles. The van der Waals surface area contributed by atoms with Crippen molar-refractivity contribution in [3.8, 4) is 0 Å². The van der Waals surface area contributed by atoms with Gasteiger partial charge in [0.25, 0.3) is 0 Å². The molecule has 2 nitrogen and oxygen atoms in total. The third-order valence-corrected chi connectivity index (χ3v) is 2.62. The SMILES string of the molecule is CC(C)CCCCCCOOCCC(C)C. The fourth-order valence-electron chi connectivity index (χ4n) is 1.47. The van der Waals surface area contributed by atoms with E-state index in [4.69, 9.17) is 9.78 Å². The van der Waals surface area contributed by atoms with Crippen molar-refractivity contribution in [3.05, 3.63) is 0 Å². The minimum absolute atomic E-state index is 0.694. The molecule has 16 heavy (non-hydrogen) atoms. The van der Waals surface area contributed by atoms with E-state index >= 15 is 0 Å². The lowest BCUT2D eigenvalue weighted by Gasteiger charge is -2.06. The molecule has 0 radical (unpaired) electrons. The molecule has 0 aliphatic carbocycles. The Morgan fingerprint density at radius 1 is 0.625 bits per heavy atom. The summed E-state index contributed by atoms with van der Waals surface area (Å²) in [5.41, 5.74) is 0. The van der Waals surface area contributed by atoms with Gasteiger partial charge in [-0.25, -0.2) is 9.78 Å². The summed E-state index contributed by atoms with van der Waals surface area (Å²) < 4.78 is 0. The molecule has 0 atom stereocenters. The van der Waals surface area contributed by atoms with Crippen molar-refractivity contribution in [2.75, 3.05) is 13.2 Å². The Bertz CT molecular complexity index is 117. The van der Waals surface area contributed by atoms with Crippen LogP contribution >= 0.6 is 0 Å². The minimum Gasteiger partial charge on any atom is -0.237 e. The van der Waals surface area contributed by atoms with E-state index in [-0.39, 0.29) is 0 Å². The number of hydrogen-bond acceptors (Lipinski definition) is 2. The lowest BCUT2D eigenvalue weighted by atomic mass is 10.0. The van der Waals surface area contributed by atoms with Crippen molar-refractivity contribution in [2.45, 2.75) is 66.2 Å². The molecule has 0 aromatic heterocycles. The van der Waals surface area contributed by atoms with Crippen LogP contribution in [0.4, 0.5) is 0 Å². The second-order valence-electron chi connectivity index (χ2n) is 5.42. The standard InChI is InChI=1S/C14H30O2/c1-13(2)9-7-5-6-8-11-15-16-12-10-14(3)4/h13-14H,5-12H2,1-4H3. The van der Waals surface area contributed by atoms with Gasteiger partial charge in [0.2, 0.25) is 0 Å². The fraction of sp³-hybridized carbons (Fsp3) is 1.00. The second-order valence-corrected chi connectivity index (χ2v) is 5.42. The first kappa shape index (κ1) is 15.9. The van der Waals surface area contributed by atoms with Gasteiger partial charge >= 0.3 is 0 Å². The molecule has 0 aliphatic heterocycles. The fourth-order valence-corrected chi connectivity index (χ4v) is 1.47. The third-order valence-electron chi connectivity index (χ3n) is 2.62. The Hall–Kier alpha value is -0.0800. The Labute approximate surface area is 102 Å². The van der Waals surface area contributed by atoms with Crippen molar-refractivity contribution in [1.29, 1.82) is 0 Å². The topological polar surface area (TPSA) is 18.5 Å². The first-order valence-electron chi connectivity index (χ1n) is 6.87. The van der Waals surface area contributed by atoms with Crippen LogP contribution in [0.25, 0.3) is 0 Å². The Kier molecular flexibility index (Phi) is 11.3. The summed E-state index contributed by atoms with van der Waals surface area (Å²) in [6, 6.07) is 0. The van der Waals surface area contributed by atoms with Crippen molar-refractivity contribution < 1.29 is 9.78 Å². The normalized spacial score (nSPS) is 11.6. The molecule has 0 amide bonds. The van der Waals surface area contributed by atoms with Gasteiger partial charge in [0, 0.05) is 0 Å². The van der Waals surface area contributed by atoms with E-state index in [2.05, 4.69) is 27.7 Å². The maximum Gasteiger partial charge on any atom is 0.0824 e. The molecule has 0 rings (SSSR count). The molecule has 0 spiro atoms. The Morgan fingerprint density at radius 2 is 1.19 bits per heavy atom. The Balaban J connectivity index is 2.93. The average molecular weight is 230 g/mol. The van der Waals surface area contributed by atoms with Crippen LogP contribution in [-0.2, 0) is 9.78 Å². The number of unbranched alkanes of at least 4 members (excludes halogenated alkanes) is 3. The van der Waals surface area contributed by atoms with Crippen LogP contribution in [0.1, 0.15) is 66.2 Å². The molecule has 0 saturated carbocycles. The summed E-state index contributed by atoms with van der Waals surface area (Å²) in [6.45, 7) is 10.4. The highest BCUT2D eigenvalue weighted by atomic mass is 17.2. The van der Waals surface area contributed by atoms with Crippen molar-refractivity contribution in [2.24, 2.45) is 11.8 Å². The van der Waals surface area contributed by atoms with E-state index in [0.717, 1.165) is 32.0 Å². The van der Waals surface area contributed by atoms with Gasteiger partial charge in [-0.1, -0.05) is 53.4 Å². The van der Waals surface area contributed by atoms with Crippen LogP contribution in [0.3, 0.4) is 0 Å². The van der Waals surface area contributed by atoms with Gasteiger partial charge in [0.1, 0.15) is 0 Å². The van der Waals surface area contributed by atoms with Gasteiger partial charge in [0.15, 0.2) is 0 Å². The van der Waals surface area contributed by atoms with Gasteiger partial charge in [-0.2, -0.15) is 0 Å². The maximum absolute atomic E-state index is 5.11. The smallest absolute Gasteiger partial charge is 0.0824 e. The second kappa shape index (κ2) is 11.4. The van der Waals surface area contributed by atoms with E-state index in [1.807, 2.05) is 0 Å². The van der Waals surface area contributed by atoms with Crippen LogP contribution in [0.5, 0.6) is 0 Å². The van der Waals surface area contributed by atoms with E-state index in [9.17, 15) is 0 Å². The molecular formula is C14H30O2. The molecule has 0 unspecified atom stereocenters. The Morgan fingerprint density at radius 3 is 1.81 bits per heavy atom. The molecule has 0 aromatic carbocycles. The van der Waals surface area contributed by atoms with E-state index in [0.29, 0.717) is 5.92 Å². The predicted octanol–water partition coefficient (Wildman–Crippen LogP) is 4.59. The maximum atomic E-state index is 5.11. The van der Waals surface area contributed by atoms with Crippen LogP contribution in [0.15, 0.2) is 0 Å². The van der Waals surface area contributed by atoms with Crippen molar-refractivity contribution >= 4 is 0 Å². The van der Waals surface area contributed by atoms with E-state index in [1.54, 1.807) is 0 Å². The van der Waals surface area contributed by atoms with Crippen LogP contribution < -0.4 is 0 Å². The molecule has 98 valence electrons. The highest BCUT2D eigenvalue weighted by Gasteiger charge is 1.96. The van der Waals surface area contributed by atoms with Gasteiger partial charge in [-0.3, -0.25) is 0 Å². The summed E-state index contributed by atoms with van der Waals surface area (Å²) in [7, 11) is 0. The zero-order valence-electron chi connectivity index (χ0n) is 11.6. The highest BCUT2D eigenvalue weighted by Crippen LogP contribution is 2.09. The first-order chi connectivity index (χ1) is 7.63. The van der Waals surface area contributed by atoms with E-state index in [1.165, 1.54) is 25.7 Å². The molecule has 0 aromatic rings. The van der Waals surface area contributed by atoms with Crippen LogP contribution in [0.2, 0.25) is 0 Å². The van der Waals surface area contributed by atoms with Gasteiger partial charge in [-0.15, -0.1) is 0 Å². The summed E-state index contributed by atoms with van der Waals surface area (Å²) in [6.07, 6.45) is 7.50. The average Bonchev–Trinajstić information content (AvgIpc) is 2.20. The quantitative estimate of drug-likeness (QED) is 0.294. The molecule has 0 aliphatic rings. The molecule has 0 N–H and O–H groups in total. The molecule has 0 bridgehead atoms. The minimum atomic E-state index is 0.694. The monoisotopic (exact) mass is 230 g/mol. The van der Waals surface area contributed by atoms with Crippen LogP contribution in [-0.4, -0.2) is 13.2 Å². The number of hydrogen-bond donors (Lipinski definition) is 0. The first-order valence-corrected chi connectivity index (χ1v) is 6.87. The third kappa shape index (κ3) is 13.9. The zero-order chi connectivity index (χ0) is 12.2. The van der Waals surface area contributed by atoms with E-state index < -0.39 is 0 Å². The lowest BCUT2D eigenvalue weighted by Crippen LogP contribution is -2.01. The van der Waals surface area contributed by atoms with Crippen molar-refractivity contribution in [3.63, 3.8) is 0 Å². The van der Waals surface area contributed by atoms with Crippen LogP contribution in [0, 0.1) is 11.8 Å². The summed E-state index contributed by atoms with van der Waals surface area (Å²) in [4.78, 5) is 10.2. The molecule has 0 fully saturated rings. The predicted molar refractivity (Wildman–Crippen MR) is 69.3 cm³/mol. The highest BCUT2D eigenvalue weighted by molar-refractivity contribution is 4.47. The molecule has 0 saturated heterocycles. The van der Waals surface area contributed by atoms with Gasteiger partial charge in [0.05, 0.1) is 13.2 Å². The summed E-state index contributed by atoms with van der Waals surface area (Å²) in [5.74, 6) is 1.54. The number of rotatable bonds is 11.